The summed E-state index contributed by atoms with van der Waals surface area (Å²) in [5.41, 5.74) is 7.68. The van der Waals surface area contributed by atoms with E-state index in [2.05, 4.69) is 54.6 Å². The molecule has 0 bridgehead atoms. The molecule has 3 aromatic rings. The summed E-state index contributed by atoms with van der Waals surface area (Å²) in [5.74, 6) is 1.97. The number of allylic oxidation sites excluding steroid dienone is 1. The molecule has 1 amide bonds. The molecule has 0 aromatic heterocycles. The maximum absolute atomic E-state index is 11.8. The Hall–Kier alpha value is -3.24. The molecule has 176 valence electrons. The molecule has 0 spiro atoms. The van der Waals surface area contributed by atoms with Crippen molar-refractivity contribution in [1.82, 2.24) is 4.90 Å². The smallest absolute Gasteiger partial charge is 0.222 e. The van der Waals surface area contributed by atoms with Crippen LogP contribution >= 0.6 is 12.4 Å². The van der Waals surface area contributed by atoms with Gasteiger partial charge in [-0.05, 0) is 76.9 Å². The highest BCUT2D eigenvalue weighted by molar-refractivity contribution is 6.00. The number of hydrogen-bond acceptors (Lipinski definition) is 3. The zero-order valence-electron chi connectivity index (χ0n) is 19.5. The lowest BCUT2D eigenvalue weighted by Crippen LogP contribution is -2.29. The number of hydrogen-bond donors (Lipinski definition) is 0. The first-order chi connectivity index (χ1) is 16.2. The van der Waals surface area contributed by atoms with E-state index in [1.54, 1.807) is 7.11 Å². The highest BCUT2D eigenvalue weighted by Gasteiger charge is 2.22. The Morgan fingerprint density at radius 2 is 1.62 bits per heavy atom. The largest absolute Gasteiger partial charge is 0.497 e. The van der Waals surface area contributed by atoms with Gasteiger partial charge in [0.1, 0.15) is 18.1 Å². The number of nitrogens with zero attached hydrogens (tertiary/aromatic N) is 1. The minimum atomic E-state index is 0. The van der Waals surface area contributed by atoms with Gasteiger partial charge in [-0.15, -0.1) is 12.4 Å². The SMILES string of the molecule is COc1ccc2c(c1)CCC(c1ccccc1)=C2c1ccc(OCCN2CCCC2=O)cc1.Cl. The summed E-state index contributed by atoms with van der Waals surface area (Å²) < 4.78 is 11.4. The number of ether oxygens (including phenoxy) is 2. The van der Waals surface area contributed by atoms with Crippen LogP contribution in [0.4, 0.5) is 0 Å². The average Bonchev–Trinajstić information content (AvgIpc) is 3.28. The molecule has 0 atom stereocenters. The van der Waals surface area contributed by atoms with E-state index in [-0.39, 0.29) is 18.3 Å². The van der Waals surface area contributed by atoms with Crippen molar-refractivity contribution < 1.29 is 14.3 Å². The van der Waals surface area contributed by atoms with Gasteiger partial charge in [-0.25, -0.2) is 0 Å². The van der Waals surface area contributed by atoms with Gasteiger partial charge in [0.25, 0.3) is 0 Å². The molecule has 1 aliphatic carbocycles. The Labute approximate surface area is 207 Å². The van der Waals surface area contributed by atoms with Gasteiger partial charge in [0.2, 0.25) is 5.91 Å². The minimum Gasteiger partial charge on any atom is -0.497 e. The fraction of sp³-hybridized carbons (Fsp3) is 0.276. The van der Waals surface area contributed by atoms with Crippen molar-refractivity contribution >= 4 is 29.5 Å². The van der Waals surface area contributed by atoms with Crippen molar-refractivity contribution in [3.05, 3.63) is 95.1 Å². The second kappa shape index (κ2) is 10.8. The van der Waals surface area contributed by atoms with E-state index in [0.29, 0.717) is 19.6 Å². The topological polar surface area (TPSA) is 38.8 Å². The van der Waals surface area contributed by atoms with Crippen LogP contribution in [-0.4, -0.2) is 37.6 Å². The third kappa shape index (κ3) is 4.97. The predicted molar refractivity (Wildman–Crippen MR) is 139 cm³/mol. The number of likely N-dealkylation sites (tertiary alicyclic amines) is 1. The monoisotopic (exact) mass is 475 g/mol. The number of fused-ring (bicyclic) bond motifs is 1. The maximum Gasteiger partial charge on any atom is 0.222 e. The Kier molecular flexibility index (Phi) is 7.59. The number of benzene rings is 3. The number of halogens is 1. The van der Waals surface area contributed by atoms with Crippen molar-refractivity contribution in [3.8, 4) is 11.5 Å². The standard InChI is InChI=1S/C29H29NO3.ClH/c1-32-25-14-16-27-23(20-25)11-15-26(21-6-3-2-4-7-21)29(27)22-9-12-24(13-10-22)33-19-18-30-17-5-8-28(30)31;/h2-4,6-7,9-10,12-14,16,20H,5,8,11,15,17-19H2,1H3;1H. The number of aryl methyl sites for hydroxylation is 1. The van der Waals surface area contributed by atoms with Gasteiger partial charge in [0.15, 0.2) is 0 Å². The first-order valence-corrected chi connectivity index (χ1v) is 11.7. The van der Waals surface area contributed by atoms with Crippen molar-refractivity contribution in [2.45, 2.75) is 25.7 Å². The molecule has 5 rings (SSSR count). The van der Waals surface area contributed by atoms with E-state index >= 15 is 0 Å². The van der Waals surface area contributed by atoms with Gasteiger partial charge in [-0.1, -0.05) is 48.5 Å². The van der Waals surface area contributed by atoms with Crippen LogP contribution in [0.3, 0.4) is 0 Å². The molecule has 4 nitrogen and oxygen atoms in total. The Morgan fingerprint density at radius 1 is 0.853 bits per heavy atom. The fourth-order valence-electron chi connectivity index (χ4n) is 4.88. The number of amides is 1. The summed E-state index contributed by atoms with van der Waals surface area (Å²) in [4.78, 5) is 13.7. The van der Waals surface area contributed by atoms with Crippen molar-refractivity contribution in [3.63, 3.8) is 0 Å². The van der Waals surface area contributed by atoms with Gasteiger partial charge < -0.3 is 14.4 Å². The molecule has 0 saturated carbocycles. The number of rotatable bonds is 7. The van der Waals surface area contributed by atoms with Crippen LogP contribution in [0.1, 0.15) is 41.5 Å². The van der Waals surface area contributed by atoms with E-state index in [4.69, 9.17) is 9.47 Å². The van der Waals surface area contributed by atoms with Gasteiger partial charge >= 0.3 is 0 Å². The van der Waals surface area contributed by atoms with Crippen LogP contribution in [0.25, 0.3) is 11.1 Å². The van der Waals surface area contributed by atoms with Crippen LogP contribution in [0.5, 0.6) is 11.5 Å². The molecule has 1 aliphatic heterocycles. The Balaban J connectivity index is 0.00000274. The van der Waals surface area contributed by atoms with Crippen molar-refractivity contribution in [2.24, 2.45) is 0 Å². The molecule has 1 saturated heterocycles. The van der Waals surface area contributed by atoms with Gasteiger partial charge in [-0.3, -0.25) is 4.79 Å². The van der Waals surface area contributed by atoms with E-state index in [9.17, 15) is 4.79 Å². The molecule has 34 heavy (non-hydrogen) atoms. The normalized spacial score (nSPS) is 15.1. The number of carbonyl (C=O) groups excluding carboxylic acids is 1. The highest BCUT2D eigenvalue weighted by Crippen LogP contribution is 2.42. The van der Waals surface area contributed by atoms with Crippen molar-refractivity contribution in [2.75, 3.05) is 26.8 Å². The van der Waals surface area contributed by atoms with E-state index in [1.807, 2.05) is 23.1 Å². The maximum atomic E-state index is 11.8. The van der Waals surface area contributed by atoms with Gasteiger partial charge in [-0.2, -0.15) is 0 Å². The van der Waals surface area contributed by atoms with E-state index in [1.165, 1.54) is 33.4 Å². The third-order valence-corrected chi connectivity index (χ3v) is 6.59. The van der Waals surface area contributed by atoms with Crippen LogP contribution in [0, 0.1) is 0 Å². The molecule has 0 radical (unpaired) electrons. The highest BCUT2D eigenvalue weighted by atomic mass is 35.5. The lowest BCUT2D eigenvalue weighted by Gasteiger charge is -2.25. The summed E-state index contributed by atoms with van der Waals surface area (Å²) in [7, 11) is 1.72. The zero-order chi connectivity index (χ0) is 22.6. The molecule has 5 heteroatoms. The molecule has 0 unspecified atom stereocenters. The predicted octanol–water partition coefficient (Wildman–Crippen LogP) is 6.02. The lowest BCUT2D eigenvalue weighted by atomic mass is 9.79. The summed E-state index contributed by atoms with van der Waals surface area (Å²) in [6.45, 7) is 2.02. The molecule has 1 fully saturated rings. The summed E-state index contributed by atoms with van der Waals surface area (Å²) in [5, 5.41) is 0. The Bertz CT molecular complexity index is 1170. The van der Waals surface area contributed by atoms with Gasteiger partial charge in [0.05, 0.1) is 13.7 Å². The quantitative estimate of drug-likeness (QED) is 0.419. The van der Waals surface area contributed by atoms with Crippen molar-refractivity contribution in [1.29, 1.82) is 0 Å². The van der Waals surface area contributed by atoms with Crippen LogP contribution < -0.4 is 9.47 Å². The first kappa shape index (κ1) is 23.9. The zero-order valence-corrected chi connectivity index (χ0v) is 20.3. The van der Waals surface area contributed by atoms with Gasteiger partial charge in [0, 0.05) is 13.0 Å². The first-order valence-electron chi connectivity index (χ1n) is 11.7. The summed E-state index contributed by atoms with van der Waals surface area (Å²) >= 11 is 0. The summed E-state index contributed by atoms with van der Waals surface area (Å²) in [6.07, 6.45) is 3.61. The second-order valence-corrected chi connectivity index (χ2v) is 8.60. The number of carbonyl (C=O) groups is 1. The molecular weight excluding hydrogens is 446 g/mol. The third-order valence-electron chi connectivity index (χ3n) is 6.59. The molecular formula is C29H30ClNO3. The molecule has 0 N–H and O–H groups in total. The van der Waals surface area contributed by atoms with Crippen LogP contribution in [0.2, 0.25) is 0 Å². The number of methoxy groups -OCH3 is 1. The van der Waals surface area contributed by atoms with E-state index in [0.717, 1.165) is 37.3 Å². The fourth-order valence-corrected chi connectivity index (χ4v) is 4.88. The molecule has 3 aromatic carbocycles. The summed E-state index contributed by atoms with van der Waals surface area (Å²) in [6, 6.07) is 25.4. The second-order valence-electron chi connectivity index (χ2n) is 8.60. The van der Waals surface area contributed by atoms with Crippen LogP contribution in [0.15, 0.2) is 72.8 Å². The molecule has 1 heterocycles. The minimum absolute atomic E-state index is 0. The Morgan fingerprint density at radius 3 is 2.32 bits per heavy atom. The van der Waals surface area contributed by atoms with Crippen LogP contribution in [-0.2, 0) is 11.2 Å². The average molecular weight is 476 g/mol. The van der Waals surface area contributed by atoms with E-state index < -0.39 is 0 Å². The lowest BCUT2D eigenvalue weighted by molar-refractivity contribution is -0.128. The molecule has 2 aliphatic rings.